The van der Waals surface area contributed by atoms with Gasteiger partial charge >= 0.3 is 6.18 Å². The summed E-state index contributed by atoms with van der Waals surface area (Å²) in [6.07, 6.45) is -3.42. The number of hydrogen-bond donors (Lipinski definition) is 1. The molecular formula is C26H18Cl2F4N6O. The maximum atomic E-state index is 14.1. The number of nitrogens with one attached hydrogen (secondary N) is 1. The predicted octanol–water partition coefficient (Wildman–Crippen LogP) is 6.97. The van der Waals surface area contributed by atoms with Gasteiger partial charge in [-0.3, -0.25) is 9.48 Å². The van der Waals surface area contributed by atoms with E-state index in [9.17, 15) is 22.4 Å². The standard InChI is InChI=1S/C26H18Cl2F4N6O/c1-13-6-7-15(8-14(13)2)20-9-22(26(30,31)32)38-23(33-20)10-21(35-38)25(39)34-24-18(28)12-37(36-24)11-16-17(27)4-3-5-19(16)29/h3-10,12H,11H2,1-2H3,(H,34,36,39). The Bertz CT molecular complexity index is 1720. The van der Waals surface area contributed by atoms with Crippen molar-refractivity contribution in [2.75, 3.05) is 5.32 Å². The van der Waals surface area contributed by atoms with Gasteiger partial charge in [0, 0.05) is 28.4 Å². The molecule has 0 aliphatic rings. The molecule has 5 aromatic rings. The summed E-state index contributed by atoms with van der Waals surface area (Å²) < 4.78 is 57.8. The third-order valence-corrected chi connectivity index (χ3v) is 6.71. The first-order chi connectivity index (χ1) is 18.4. The smallest absolute Gasteiger partial charge is 0.302 e. The van der Waals surface area contributed by atoms with Gasteiger partial charge in [-0.15, -0.1) is 0 Å². The van der Waals surface area contributed by atoms with E-state index in [0.717, 1.165) is 23.3 Å². The maximum Gasteiger partial charge on any atom is 0.433 e. The molecule has 200 valence electrons. The molecule has 0 spiro atoms. The van der Waals surface area contributed by atoms with E-state index in [1.54, 1.807) is 18.2 Å². The second-order valence-electron chi connectivity index (χ2n) is 8.80. The van der Waals surface area contributed by atoms with Crippen LogP contribution in [0.25, 0.3) is 16.9 Å². The Labute approximate surface area is 229 Å². The van der Waals surface area contributed by atoms with Crippen LogP contribution in [-0.2, 0) is 12.7 Å². The van der Waals surface area contributed by atoms with Crippen molar-refractivity contribution >= 4 is 40.6 Å². The molecule has 0 unspecified atom stereocenters. The highest BCUT2D eigenvalue weighted by Crippen LogP contribution is 2.33. The van der Waals surface area contributed by atoms with E-state index >= 15 is 0 Å². The number of carbonyl (C=O) groups is 1. The van der Waals surface area contributed by atoms with Crippen molar-refractivity contribution in [3.8, 4) is 11.3 Å². The quantitative estimate of drug-likeness (QED) is 0.229. The van der Waals surface area contributed by atoms with Crippen molar-refractivity contribution < 1.29 is 22.4 Å². The summed E-state index contributed by atoms with van der Waals surface area (Å²) in [6.45, 7) is 3.67. The van der Waals surface area contributed by atoms with Gasteiger partial charge in [-0.2, -0.15) is 23.4 Å². The summed E-state index contributed by atoms with van der Waals surface area (Å²) in [5, 5.41) is 10.6. The minimum Gasteiger partial charge on any atom is -0.302 e. The largest absolute Gasteiger partial charge is 0.433 e. The lowest BCUT2D eigenvalue weighted by molar-refractivity contribution is -0.142. The number of carbonyl (C=O) groups excluding carboxylic acids is 1. The Balaban J connectivity index is 1.47. The summed E-state index contributed by atoms with van der Waals surface area (Å²) >= 11 is 12.2. The molecule has 0 bridgehead atoms. The number of aromatic nitrogens is 5. The van der Waals surface area contributed by atoms with E-state index in [1.807, 2.05) is 13.8 Å². The van der Waals surface area contributed by atoms with Crippen molar-refractivity contribution in [3.05, 3.63) is 98.7 Å². The molecule has 0 fully saturated rings. The molecule has 2 aromatic carbocycles. The summed E-state index contributed by atoms with van der Waals surface area (Å²) in [5.41, 5.74) is 1.01. The Kier molecular flexibility index (Phi) is 6.81. The average Bonchev–Trinajstić information content (AvgIpc) is 3.45. The van der Waals surface area contributed by atoms with Crippen LogP contribution in [0.1, 0.15) is 32.9 Å². The monoisotopic (exact) mass is 576 g/mol. The van der Waals surface area contributed by atoms with E-state index < -0.39 is 23.6 Å². The molecule has 13 heteroatoms. The SMILES string of the molecule is Cc1ccc(-c2cc(C(F)(F)F)n3nc(C(=O)Nc4nn(Cc5c(F)cccc5Cl)cc4Cl)cc3n2)cc1C. The van der Waals surface area contributed by atoms with Gasteiger partial charge < -0.3 is 5.32 Å². The van der Waals surface area contributed by atoms with Crippen LogP contribution in [0.3, 0.4) is 0 Å². The molecule has 1 amide bonds. The van der Waals surface area contributed by atoms with E-state index in [1.165, 1.54) is 29.1 Å². The van der Waals surface area contributed by atoms with Crippen LogP contribution in [0, 0.1) is 19.7 Å². The molecule has 1 N–H and O–H groups in total. The average molecular weight is 577 g/mol. The molecule has 7 nitrogen and oxygen atoms in total. The summed E-state index contributed by atoms with van der Waals surface area (Å²) in [4.78, 5) is 17.2. The fraction of sp³-hybridized carbons (Fsp3) is 0.154. The van der Waals surface area contributed by atoms with Crippen LogP contribution in [0.5, 0.6) is 0 Å². The van der Waals surface area contributed by atoms with Gasteiger partial charge in [0.25, 0.3) is 5.91 Å². The number of amides is 1. The number of nitrogens with zero attached hydrogens (tertiary/aromatic N) is 5. The zero-order valence-corrected chi connectivity index (χ0v) is 21.8. The van der Waals surface area contributed by atoms with Gasteiger partial charge in [0.1, 0.15) is 10.8 Å². The van der Waals surface area contributed by atoms with Crippen LogP contribution in [0.2, 0.25) is 10.0 Å². The number of anilines is 1. The van der Waals surface area contributed by atoms with Crippen molar-refractivity contribution in [3.63, 3.8) is 0 Å². The molecular weight excluding hydrogens is 559 g/mol. The highest BCUT2D eigenvalue weighted by Gasteiger charge is 2.36. The molecule has 0 aliphatic heterocycles. The van der Waals surface area contributed by atoms with Gasteiger partial charge in [-0.05, 0) is 49.2 Å². The predicted molar refractivity (Wildman–Crippen MR) is 139 cm³/mol. The number of benzene rings is 2. The Hall–Kier alpha value is -3.96. The van der Waals surface area contributed by atoms with Gasteiger partial charge in [0.2, 0.25) is 0 Å². The van der Waals surface area contributed by atoms with Crippen LogP contribution in [-0.4, -0.2) is 30.3 Å². The molecule has 0 saturated carbocycles. The number of halogens is 6. The highest BCUT2D eigenvalue weighted by molar-refractivity contribution is 6.33. The Morgan fingerprint density at radius 2 is 1.77 bits per heavy atom. The Morgan fingerprint density at radius 1 is 1.00 bits per heavy atom. The van der Waals surface area contributed by atoms with Crippen LogP contribution >= 0.6 is 23.2 Å². The summed E-state index contributed by atoms with van der Waals surface area (Å²) in [6, 6.07) is 11.5. The lowest BCUT2D eigenvalue weighted by Gasteiger charge is -2.11. The van der Waals surface area contributed by atoms with E-state index in [2.05, 4.69) is 20.5 Å². The third-order valence-electron chi connectivity index (χ3n) is 6.08. The maximum absolute atomic E-state index is 14.1. The zero-order valence-electron chi connectivity index (χ0n) is 20.3. The van der Waals surface area contributed by atoms with E-state index in [-0.39, 0.29) is 45.0 Å². The molecule has 0 saturated heterocycles. The molecule has 3 aromatic heterocycles. The van der Waals surface area contributed by atoms with Gasteiger partial charge in [0.05, 0.1) is 12.2 Å². The third kappa shape index (κ3) is 5.32. The topological polar surface area (TPSA) is 77.1 Å². The highest BCUT2D eigenvalue weighted by atomic mass is 35.5. The minimum absolute atomic E-state index is 0.0192. The molecule has 0 aliphatic carbocycles. The molecule has 5 rings (SSSR count). The van der Waals surface area contributed by atoms with Gasteiger partial charge in [-0.1, -0.05) is 41.4 Å². The fourth-order valence-electron chi connectivity index (χ4n) is 3.92. The summed E-state index contributed by atoms with van der Waals surface area (Å²) in [5.74, 6) is -1.50. The first kappa shape index (κ1) is 26.6. The second kappa shape index (κ2) is 9.97. The van der Waals surface area contributed by atoms with E-state index in [0.29, 0.717) is 10.1 Å². The number of fused-ring (bicyclic) bond motifs is 1. The lowest BCUT2D eigenvalue weighted by atomic mass is 10.0. The number of hydrogen-bond acceptors (Lipinski definition) is 4. The lowest BCUT2D eigenvalue weighted by Crippen LogP contribution is -2.16. The number of alkyl halides is 3. The molecule has 0 radical (unpaired) electrons. The number of aryl methyl sites for hydroxylation is 2. The first-order valence-electron chi connectivity index (χ1n) is 11.4. The van der Waals surface area contributed by atoms with Crippen molar-refractivity contribution in [1.29, 1.82) is 0 Å². The van der Waals surface area contributed by atoms with Gasteiger partial charge in [0.15, 0.2) is 22.9 Å². The number of rotatable bonds is 5. The molecule has 39 heavy (non-hydrogen) atoms. The zero-order chi connectivity index (χ0) is 28.1. The second-order valence-corrected chi connectivity index (χ2v) is 9.61. The molecule has 3 heterocycles. The van der Waals surface area contributed by atoms with Gasteiger partial charge in [-0.25, -0.2) is 13.9 Å². The van der Waals surface area contributed by atoms with Crippen LogP contribution in [0.4, 0.5) is 23.4 Å². The fourth-order valence-corrected chi connectivity index (χ4v) is 4.34. The Morgan fingerprint density at radius 3 is 2.46 bits per heavy atom. The minimum atomic E-state index is -4.77. The van der Waals surface area contributed by atoms with Crippen molar-refractivity contribution in [1.82, 2.24) is 24.4 Å². The van der Waals surface area contributed by atoms with Crippen LogP contribution in [0.15, 0.2) is 54.7 Å². The van der Waals surface area contributed by atoms with Crippen molar-refractivity contribution in [2.45, 2.75) is 26.6 Å². The van der Waals surface area contributed by atoms with Crippen LogP contribution < -0.4 is 5.32 Å². The van der Waals surface area contributed by atoms with Crippen molar-refractivity contribution in [2.24, 2.45) is 0 Å². The normalized spacial score (nSPS) is 11.8. The van der Waals surface area contributed by atoms with E-state index in [4.69, 9.17) is 23.2 Å². The molecule has 0 atom stereocenters. The summed E-state index contributed by atoms with van der Waals surface area (Å²) in [7, 11) is 0. The first-order valence-corrected chi connectivity index (χ1v) is 12.2.